The Bertz CT molecular complexity index is 889. The van der Waals surface area contributed by atoms with Crippen LogP contribution in [0.4, 0.5) is 5.69 Å². The van der Waals surface area contributed by atoms with E-state index in [4.69, 9.17) is 19.2 Å². The van der Waals surface area contributed by atoms with Gasteiger partial charge in [-0.3, -0.25) is 4.98 Å². The maximum absolute atomic E-state index is 5.76. The largest absolute Gasteiger partial charge is 0.493 e. The van der Waals surface area contributed by atoms with E-state index in [1.54, 1.807) is 14.2 Å². The molecule has 3 aliphatic rings. The van der Waals surface area contributed by atoms with Gasteiger partial charge in [0.15, 0.2) is 11.5 Å². The summed E-state index contributed by atoms with van der Waals surface area (Å²) in [5, 5.41) is 5.05. The molecule has 2 fully saturated rings. The number of fused-ring (bicyclic) bond motifs is 2. The zero-order valence-corrected chi connectivity index (χ0v) is 17.5. The summed E-state index contributed by atoms with van der Waals surface area (Å²) in [7, 11) is 3.36. The fraction of sp³-hybridized carbons (Fsp3) is 0.609. The molecule has 2 aliphatic heterocycles. The number of anilines is 1. The Morgan fingerprint density at radius 3 is 2.45 bits per heavy atom. The molecular weight excluding hydrogens is 366 g/mol. The van der Waals surface area contributed by atoms with Crippen molar-refractivity contribution in [1.82, 2.24) is 9.88 Å². The van der Waals surface area contributed by atoms with Crippen LogP contribution >= 0.6 is 0 Å². The molecule has 2 aromatic rings. The summed E-state index contributed by atoms with van der Waals surface area (Å²) in [6.45, 7) is 3.89. The summed E-state index contributed by atoms with van der Waals surface area (Å²) < 4.78 is 16.9. The third kappa shape index (κ3) is 3.76. The van der Waals surface area contributed by atoms with Gasteiger partial charge < -0.3 is 24.4 Å². The first-order chi connectivity index (χ1) is 14.3. The van der Waals surface area contributed by atoms with Gasteiger partial charge in [0.25, 0.3) is 0 Å². The SMILES string of the molecule is COc1cc2nc3c(c(NC4CCN(C5CC5)CC4)c2cc1OC)CCOCC3. The number of nitrogens with one attached hydrogen (secondary N) is 1. The van der Waals surface area contributed by atoms with Crippen molar-refractivity contribution in [2.24, 2.45) is 0 Å². The number of aromatic nitrogens is 1. The summed E-state index contributed by atoms with van der Waals surface area (Å²) >= 11 is 0. The average molecular weight is 398 g/mol. The van der Waals surface area contributed by atoms with Crippen LogP contribution in [0.3, 0.4) is 0 Å². The highest BCUT2D eigenvalue weighted by atomic mass is 16.5. The van der Waals surface area contributed by atoms with Crippen molar-refractivity contribution in [3.8, 4) is 11.5 Å². The minimum atomic E-state index is 0.497. The highest BCUT2D eigenvalue weighted by Gasteiger charge is 2.32. The standard InChI is InChI=1S/C23H31N3O3/c1-27-21-13-18-20(14-22(21)28-2)25-19-8-12-29-11-7-17(19)23(18)24-15-5-9-26(10-6-15)16-3-4-16/h13-16H,3-12H2,1-2H3,(H,24,25). The average Bonchev–Trinajstić information content (AvgIpc) is 3.60. The molecule has 1 saturated heterocycles. The lowest BCUT2D eigenvalue weighted by Crippen LogP contribution is -2.40. The van der Waals surface area contributed by atoms with E-state index in [0.29, 0.717) is 6.04 Å². The molecule has 1 aromatic heterocycles. The molecule has 156 valence electrons. The molecule has 1 aromatic carbocycles. The van der Waals surface area contributed by atoms with E-state index >= 15 is 0 Å². The Morgan fingerprint density at radius 2 is 1.72 bits per heavy atom. The first-order valence-electron chi connectivity index (χ1n) is 10.9. The fourth-order valence-electron chi connectivity index (χ4n) is 4.82. The Labute approximate surface area is 172 Å². The number of benzene rings is 1. The third-order valence-electron chi connectivity index (χ3n) is 6.60. The van der Waals surface area contributed by atoms with Gasteiger partial charge in [-0.2, -0.15) is 0 Å². The van der Waals surface area contributed by atoms with Crippen molar-refractivity contribution < 1.29 is 14.2 Å². The molecule has 0 unspecified atom stereocenters. The zero-order chi connectivity index (χ0) is 19.8. The summed E-state index contributed by atoms with van der Waals surface area (Å²) in [5.74, 6) is 1.47. The molecule has 5 rings (SSSR count). The highest BCUT2D eigenvalue weighted by molar-refractivity contribution is 5.96. The molecule has 1 aliphatic carbocycles. The van der Waals surface area contributed by atoms with Crippen molar-refractivity contribution in [2.75, 3.05) is 45.8 Å². The summed E-state index contributed by atoms with van der Waals surface area (Å²) in [5.41, 5.74) is 4.65. The number of hydrogen-bond acceptors (Lipinski definition) is 6. The molecule has 0 atom stereocenters. The minimum Gasteiger partial charge on any atom is -0.493 e. The van der Waals surface area contributed by atoms with Crippen molar-refractivity contribution in [3.05, 3.63) is 23.4 Å². The Kier molecular flexibility index (Phi) is 5.22. The first-order valence-corrected chi connectivity index (χ1v) is 10.9. The number of piperidine rings is 1. The minimum absolute atomic E-state index is 0.497. The number of ether oxygens (including phenoxy) is 3. The van der Waals surface area contributed by atoms with E-state index in [0.717, 1.165) is 60.2 Å². The quantitative estimate of drug-likeness (QED) is 0.835. The van der Waals surface area contributed by atoms with E-state index in [2.05, 4.69) is 16.3 Å². The normalized spacial score (nSPS) is 20.9. The van der Waals surface area contributed by atoms with Gasteiger partial charge >= 0.3 is 0 Å². The number of hydrogen-bond donors (Lipinski definition) is 1. The number of pyridine rings is 1. The van der Waals surface area contributed by atoms with Crippen LogP contribution in [-0.2, 0) is 17.6 Å². The predicted octanol–water partition coefficient (Wildman–Crippen LogP) is 3.41. The van der Waals surface area contributed by atoms with Crippen LogP contribution in [0.25, 0.3) is 10.9 Å². The number of nitrogens with zero attached hydrogens (tertiary/aromatic N) is 2. The number of rotatable bonds is 5. The summed E-state index contributed by atoms with van der Waals surface area (Å²) in [6.07, 6.45) is 6.92. The molecule has 0 bridgehead atoms. The van der Waals surface area contributed by atoms with Gasteiger partial charge in [-0.15, -0.1) is 0 Å². The second-order valence-electron chi connectivity index (χ2n) is 8.43. The summed E-state index contributed by atoms with van der Waals surface area (Å²) in [4.78, 5) is 7.66. The lowest BCUT2D eigenvalue weighted by atomic mass is 9.98. The zero-order valence-electron chi connectivity index (χ0n) is 17.5. The van der Waals surface area contributed by atoms with E-state index in [9.17, 15) is 0 Å². The second kappa shape index (κ2) is 8.00. The number of likely N-dealkylation sites (tertiary alicyclic amines) is 1. The maximum atomic E-state index is 5.76. The van der Waals surface area contributed by atoms with Gasteiger partial charge in [0.1, 0.15) is 0 Å². The van der Waals surface area contributed by atoms with Crippen molar-refractivity contribution in [3.63, 3.8) is 0 Å². The fourth-order valence-corrected chi connectivity index (χ4v) is 4.82. The molecule has 6 nitrogen and oxygen atoms in total. The van der Waals surface area contributed by atoms with Crippen molar-refractivity contribution in [1.29, 1.82) is 0 Å². The molecule has 1 N–H and O–H groups in total. The van der Waals surface area contributed by atoms with Crippen LogP contribution in [0, 0.1) is 0 Å². The van der Waals surface area contributed by atoms with Gasteiger partial charge in [-0.1, -0.05) is 0 Å². The van der Waals surface area contributed by atoms with Gasteiger partial charge in [0.05, 0.1) is 33.0 Å². The van der Waals surface area contributed by atoms with E-state index in [1.807, 2.05) is 6.07 Å². The van der Waals surface area contributed by atoms with Crippen molar-refractivity contribution >= 4 is 16.6 Å². The molecule has 0 spiro atoms. The number of methoxy groups -OCH3 is 2. The lowest BCUT2D eigenvalue weighted by molar-refractivity contribution is 0.146. The predicted molar refractivity (Wildman–Crippen MR) is 114 cm³/mol. The highest BCUT2D eigenvalue weighted by Crippen LogP contribution is 2.39. The van der Waals surface area contributed by atoms with Gasteiger partial charge in [0.2, 0.25) is 0 Å². The van der Waals surface area contributed by atoms with E-state index in [1.165, 1.54) is 50.0 Å². The Balaban J connectivity index is 1.52. The topological polar surface area (TPSA) is 55.9 Å². The van der Waals surface area contributed by atoms with Crippen LogP contribution in [0.1, 0.15) is 36.9 Å². The van der Waals surface area contributed by atoms with Gasteiger partial charge in [-0.05, 0) is 43.7 Å². The molecular formula is C23H31N3O3. The third-order valence-corrected chi connectivity index (χ3v) is 6.60. The van der Waals surface area contributed by atoms with Gasteiger partial charge in [0, 0.05) is 54.4 Å². The molecule has 0 radical (unpaired) electrons. The van der Waals surface area contributed by atoms with E-state index < -0.39 is 0 Å². The van der Waals surface area contributed by atoms with E-state index in [-0.39, 0.29) is 0 Å². The lowest BCUT2D eigenvalue weighted by Gasteiger charge is -2.33. The second-order valence-corrected chi connectivity index (χ2v) is 8.43. The van der Waals surface area contributed by atoms with Crippen LogP contribution < -0.4 is 14.8 Å². The van der Waals surface area contributed by atoms with Crippen LogP contribution in [0.2, 0.25) is 0 Å². The Hall–Kier alpha value is -2.05. The molecule has 0 amide bonds. The maximum Gasteiger partial charge on any atom is 0.162 e. The van der Waals surface area contributed by atoms with Gasteiger partial charge in [-0.25, -0.2) is 0 Å². The van der Waals surface area contributed by atoms with Crippen molar-refractivity contribution in [2.45, 2.75) is 50.6 Å². The van der Waals surface area contributed by atoms with Crippen LogP contribution in [-0.4, -0.2) is 62.5 Å². The summed E-state index contributed by atoms with van der Waals surface area (Å²) in [6, 6.07) is 5.44. The Morgan fingerprint density at radius 1 is 1.00 bits per heavy atom. The van der Waals surface area contributed by atoms with Crippen LogP contribution in [0.5, 0.6) is 11.5 Å². The molecule has 3 heterocycles. The monoisotopic (exact) mass is 397 g/mol. The molecule has 1 saturated carbocycles. The van der Waals surface area contributed by atoms with Crippen LogP contribution in [0.15, 0.2) is 12.1 Å². The smallest absolute Gasteiger partial charge is 0.162 e. The molecule has 6 heteroatoms. The molecule has 29 heavy (non-hydrogen) atoms. The first kappa shape index (κ1) is 18.9.